The van der Waals surface area contributed by atoms with Crippen molar-refractivity contribution < 1.29 is 4.74 Å². The minimum absolute atomic E-state index is 0.115. The van der Waals surface area contributed by atoms with Gasteiger partial charge in [0.25, 0.3) is 0 Å². The standard InChI is InChI=1S/C19H19NOS/c1-13-10-16-18(11-20(2)12-19(16)22-13)21-17-9-5-7-14-6-3-4-8-15(14)17/h3-10,18H,11-12H2,1-2H3. The fraction of sp³-hybridized carbons (Fsp3) is 0.263. The molecule has 2 nitrogen and oxygen atoms in total. The van der Waals surface area contributed by atoms with Gasteiger partial charge < -0.3 is 4.74 Å². The topological polar surface area (TPSA) is 12.5 Å². The van der Waals surface area contributed by atoms with Gasteiger partial charge >= 0.3 is 0 Å². The molecular formula is C19H19NOS. The Labute approximate surface area is 135 Å². The van der Waals surface area contributed by atoms with Gasteiger partial charge in [-0.3, -0.25) is 4.90 Å². The molecule has 0 saturated heterocycles. The Bertz CT molecular complexity index is 818. The fourth-order valence-corrected chi connectivity index (χ4v) is 4.39. The van der Waals surface area contributed by atoms with E-state index in [0.29, 0.717) is 0 Å². The minimum atomic E-state index is 0.115. The second-order valence-corrected chi connectivity index (χ2v) is 7.36. The second kappa shape index (κ2) is 5.41. The number of aryl methyl sites for hydroxylation is 1. The molecule has 0 aliphatic carbocycles. The predicted molar refractivity (Wildman–Crippen MR) is 92.7 cm³/mol. The zero-order valence-electron chi connectivity index (χ0n) is 12.9. The average Bonchev–Trinajstić information content (AvgIpc) is 2.88. The SMILES string of the molecule is Cc1cc2c(s1)CN(C)CC2Oc1cccc2ccccc12. The van der Waals surface area contributed by atoms with E-state index in [0.717, 1.165) is 18.8 Å². The van der Waals surface area contributed by atoms with Crippen LogP contribution in [0, 0.1) is 6.92 Å². The highest BCUT2D eigenvalue weighted by Crippen LogP contribution is 2.37. The summed E-state index contributed by atoms with van der Waals surface area (Å²) in [5.41, 5.74) is 1.37. The van der Waals surface area contributed by atoms with Crippen molar-refractivity contribution in [3.63, 3.8) is 0 Å². The number of thiophene rings is 1. The molecule has 4 rings (SSSR count). The van der Waals surface area contributed by atoms with Crippen LogP contribution in [0.2, 0.25) is 0 Å². The van der Waals surface area contributed by atoms with Crippen LogP contribution in [-0.2, 0) is 6.54 Å². The molecule has 0 N–H and O–H groups in total. The van der Waals surface area contributed by atoms with E-state index in [1.54, 1.807) is 0 Å². The van der Waals surface area contributed by atoms with Crippen molar-refractivity contribution in [3.05, 3.63) is 63.8 Å². The van der Waals surface area contributed by atoms with E-state index in [1.165, 1.54) is 26.1 Å². The zero-order valence-corrected chi connectivity index (χ0v) is 13.7. The number of benzene rings is 2. The van der Waals surface area contributed by atoms with Gasteiger partial charge in [0.05, 0.1) is 0 Å². The number of hydrogen-bond donors (Lipinski definition) is 0. The molecule has 22 heavy (non-hydrogen) atoms. The number of likely N-dealkylation sites (N-methyl/N-ethyl adjacent to an activating group) is 1. The van der Waals surface area contributed by atoms with Crippen molar-refractivity contribution in [2.45, 2.75) is 19.6 Å². The normalized spacial score (nSPS) is 18.4. The molecule has 0 fully saturated rings. The lowest BCUT2D eigenvalue weighted by Crippen LogP contribution is -2.32. The van der Waals surface area contributed by atoms with Crippen LogP contribution in [0.1, 0.15) is 21.4 Å². The molecule has 3 heteroatoms. The summed E-state index contributed by atoms with van der Waals surface area (Å²) in [6.07, 6.45) is 0.115. The molecule has 0 saturated carbocycles. The third-order valence-corrected chi connectivity index (χ3v) is 5.27. The lowest BCUT2D eigenvalue weighted by molar-refractivity contribution is 0.132. The first-order valence-electron chi connectivity index (χ1n) is 7.63. The smallest absolute Gasteiger partial charge is 0.137 e. The van der Waals surface area contributed by atoms with E-state index < -0.39 is 0 Å². The number of rotatable bonds is 2. The summed E-state index contributed by atoms with van der Waals surface area (Å²) in [6.45, 7) is 4.15. The highest BCUT2D eigenvalue weighted by Gasteiger charge is 2.27. The van der Waals surface area contributed by atoms with Crippen molar-refractivity contribution in [1.29, 1.82) is 0 Å². The van der Waals surface area contributed by atoms with Gasteiger partial charge in [0.2, 0.25) is 0 Å². The van der Waals surface area contributed by atoms with Crippen LogP contribution < -0.4 is 4.74 Å². The Morgan fingerprint density at radius 2 is 1.95 bits per heavy atom. The van der Waals surface area contributed by atoms with Gasteiger partial charge in [-0.15, -0.1) is 11.3 Å². The summed E-state index contributed by atoms with van der Waals surface area (Å²) in [4.78, 5) is 5.15. The number of hydrogen-bond acceptors (Lipinski definition) is 3. The summed E-state index contributed by atoms with van der Waals surface area (Å²) in [5.74, 6) is 0.980. The van der Waals surface area contributed by atoms with Crippen LogP contribution in [0.25, 0.3) is 10.8 Å². The summed E-state index contributed by atoms with van der Waals surface area (Å²) in [6, 6.07) is 17.0. The molecule has 3 aromatic rings. The molecule has 0 radical (unpaired) electrons. The van der Waals surface area contributed by atoms with Crippen molar-refractivity contribution in [2.24, 2.45) is 0 Å². The molecule has 2 heterocycles. The van der Waals surface area contributed by atoms with E-state index >= 15 is 0 Å². The summed E-state index contributed by atoms with van der Waals surface area (Å²) < 4.78 is 6.44. The van der Waals surface area contributed by atoms with Crippen molar-refractivity contribution >= 4 is 22.1 Å². The van der Waals surface area contributed by atoms with Crippen LogP contribution in [0.4, 0.5) is 0 Å². The third kappa shape index (κ3) is 2.40. The van der Waals surface area contributed by atoms with Gasteiger partial charge in [-0.05, 0) is 31.5 Å². The molecular weight excluding hydrogens is 290 g/mol. The number of ether oxygens (including phenoxy) is 1. The van der Waals surface area contributed by atoms with Crippen LogP contribution >= 0.6 is 11.3 Å². The first-order valence-corrected chi connectivity index (χ1v) is 8.44. The molecule has 0 spiro atoms. The first kappa shape index (κ1) is 13.8. The highest BCUT2D eigenvalue weighted by atomic mass is 32.1. The Hall–Kier alpha value is -1.84. The fourth-order valence-electron chi connectivity index (χ4n) is 3.22. The van der Waals surface area contributed by atoms with Crippen LogP contribution in [0.3, 0.4) is 0 Å². The van der Waals surface area contributed by atoms with Gasteiger partial charge in [0.15, 0.2) is 0 Å². The maximum absolute atomic E-state index is 6.44. The predicted octanol–water partition coefficient (Wildman–Crippen LogP) is 4.78. The first-order chi connectivity index (χ1) is 10.7. The Kier molecular flexibility index (Phi) is 3.40. The molecule has 0 amide bonds. The van der Waals surface area contributed by atoms with Gasteiger partial charge in [-0.1, -0.05) is 36.4 Å². The van der Waals surface area contributed by atoms with Crippen LogP contribution in [-0.4, -0.2) is 18.5 Å². The highest BCUT2D eigenvalue weighted by molar-refractivity contribution is 7.12. The van der Waals surface area contributed by atoms with E-state index in [-0.39, 0.29) is 6.10 Å². The zero-order chi connectivity index (χ0) is 15.1. The maximum atomic E-state index is 6.44. The molecule has 2 aromatic carbocycles. The lowest BCUT2D eigenvalue weighted by Gasteiger charge is -2.30. The Morgan fingerprint density at radius 3 is 2.86 bits per heavy atom. The summed E-state index contributed by atoms with van der Waals surface area (Å²) >= 11 is 1.89. The van der Waals surface area contributed by atoms with Gasteiger partial charge in [0.1, 0.15) is 11.9 Å². The molecule has 1 aromatic heterocycles. The van der Waals surface area contributed by atoms with E-state index in [4.69, 9.17) is 4.74 Å². The summed E-state index contributed by atoms with van der Waals surface area (Å²) in [7, 11) is 2.16. The van der Waals surface area contributed by atoms with Gasteiger partial charge in [-0.2, -0.15) is 0 Å². The Balaban J connectivity index is 1.73. The van der Waals surface area contributed by atoms with Crippen molar-refractivity contribution in [3.8, 4) is 5.75 Å². The van der Waals surface area contributed by atoms with Crippen LogP contribution in [0.5, 0.6) is 5.75 Å². The van der Waals surface area contributed by atoms with Gasteiger partial charge in [0, 0.05) is 33.8 Å². The third-order valence-electron chi connectivity index (χ3n) is 4.22. The minimum Gasteiger partial charge on any atom is -0.484 e. The average molecular weight is 309 g/mol. The number of nitrogens with zero attached hydrogens (tertiary/aromatic N) is 1. The summed E-state index contributed by atoms with van der Waals surface area (Å²) in [5, 5.41) is 2.41. The van der Waals surface area contributed by atoms with E-state index in [2.05, 4.69) is 67.4 Å². The maximum Gasteiger partial charge on any atom is 0.137 e. The van der Waals surface area contributed by atoms with Crippen LogP contribution in [0.15, 0.2) is 48.5 Å². The van der Waals surface area contributed by atoms with Gasteiger partial charge in [-0.25, -0.2) is 0 Å². The van der Waals surface area contributed by atoms with Crippen molar-refractivity contribution in [2.75, 3.05) is 13.6 Å². The monoisotopic (exact) mass is 309 g/mol. The molecule has 1 atom stereocenters. The molecule has 112 valence electrons. The second-order valence-electron chi connectivity index (χ2n) is 6.02. The number of fused-ring (bicyclic) bond motifs is 2. The van der Waals surface area contributed by atoms with Crippen molar-refractivity contribution in [1.82, 2.24) is 4.90 Å². The molecule has 0 bridgehead atoms. The largest absolute Gasteiger partial charge is 0.484 e. The molecule has 1 aliphatic heterocycles. The molecule has 1 unspecified atom stereocenters. The quantitative estimate of drug-likeness (QED) is 0.676. The Morgan fingerprint density at radius 1 is 1.14 bits per heavy atom. The lowest BCUT2D eigenvalue weighted by atomic mass is 10.0. The van der Waals surface area contributed by atoms with E-state index in [9.17, 15) is 0 Å². The van der Waals surface area contributed by atoms with E-state index in [1.807, 2.05) is 11.3 Å². The molecule has 1 aliphatic rings.